The third-order valence-electron chi connectivity index (χ3n) is 5.67. The zero-order valence-corrected chi connectivity index (χ0v) is 18.9. The van der Waals surface area contributed by atoms with Crippen LogP contribution in [0.25, 0.3) is 0 Å². The Morgan fingerprint density at radius 2 is 1.72 bits per heavy atom. The fourth-order valence-corrected chi connectivity index (χ4v) is 5.95. The molecule has 1 heterocycles. The van der Waals surface area contributed by atoms with Gasteiger partial charge in [0.2, 0.25) is 0 Å². The molecular formula is C25H24FNO3S2. The van der Waals surface area contributed by atoms with Crippen molar-refractivity contribution in [3.05, 3.63) is 89.7 Å². The lowest BCUT2D eigenvalue weighted by atomic mass is 9.95. The summed E-state index contributed by atoms with van der Waals surface area (Å²) in [5.74, 6) is -0.295. The molecule has 32 heavy (non-hydrogen) atoms. The molecule has 0 aromatic heterocycles. The first kappa shape index (κ1) is 22.6. The highest BCUT2D eigenvalue weighted by Gasteiger charge is 2.41. The number of benzene rings is 3. The Morgan fingerprint density at radius 3 is 2.41 bits per heavy atom. The van der Waals surface area contributed by atoms with E-state index in [2.05, 4.69) is 0 Å². The van der Waals surface area contributed by atoms with Crippen LogP contribution in [0.15, 0.2) is 72.8 Å². The van der Waals surface area contributed by atoms with E-state index in [-0.39, 0.29) is 28.6 Å². The smallest absolute Gasteiger partial charge is 0.141 e. The Hall–Kier alpha value is -2.61. The maximum absolute atomic E-state index is 13.1. The summed E-state index contributed by atoms with van der Waals surface area (Å²) in [6.07, 6.45) is 1.36. The molecule has 3 unspecified atom stereocenters. The predicted molar refractivity (Wildman–Crippen MR) is 131 cm³/mol. The fourth-order valence-electron chi connectivity index (χ4n) is 4.09. The van der Waals surface area contributed by atoms with Crippen molar-refractivity contribution < 1.29 is 19.7 Å². The highest BCUT2D eigenvalue weighted by Crippen LogP contribution is 2.49. The summed E-state index contributed by atoms with van der Waals surface area (Å²) in [6, 6.07) is 20.2. The molecular weight excluding hydrogens is 445 g/mol. The average Bonchev–Trinajstić information content (AvgIpc) is 3.10. The van der Waals surface area contributed by atoms with Crippen molar-refractivity contribution >= 4 is 34.0 Å². The summed E-state index contributed by atoms with van der Waals surface area (Å²) in [7, 11) is 0. The van der Waals surface area contributed by atoms with E-state index >= 15 is 0 Å². The van der Waals surface area contributed by atoms with E-state index < -0.39 is 6.10 Å². The maximum atomic E-state index is 13.1. The molecule has 3 N–H and O–H groups in total. The summed E-state index contributed by atoms with van der Waals surface area (Å²) in [5.41, 5.74) is 2.33. The van der Waals surface area contributed by atoms with E-state index in [9.17, 15) is 19.7 Å². The largest absolute Gasteiger partial charge is 0.508 e. The van der Waals surface area contributed by atoms with Crippen LogP contribution in [0, 0.1) is 5.82 Å². The number of hydrogen-bond donors (Lipinski definition) is 3. The van der Waals surface area contributed by atoms with Gasteiger partial charge in [-0.2, -0.15) is 0 Å². The number of aliphatic hydroxyl groups is 1. The number of halogens is 1. The van der Waals surface area contributed by atoms with Crippen LogP contribution in [0.2, 0.25) is 0 Å². The summed E-state index contributed by atoms with van der Waals surface area (Å²) >= 11 is 7.30. The van der Waals surface area contributed by atoms with Crippen molar-refractivity contribution in [3.63, 3.8) is 0 Å². The van der Waals surface area contributed by atoms with Crippen molar-refractivity contribution in [2.75, 3.05) is 4.90 Å². The maximum Gasteiger partial charge on any atom is 0.141 e. The number of aliphatic hydroxyl groups excluding tert-OH is 1. The number of phenolic OH excluding ortho intramolecular Hbond substituents is 2. The normalized spacial score (nSPS) is 19.3. The molecule has 1 fully saturated rings. The lowest BCUT2D eigenvalue weighted by Gasteiger charge is -2.29. The SMILES string of the molecule is Oc1ccc(C2C(CCCC(O)c3ccc(F)cc3)SC(=S)N2c2ccccc2)c(O)c1. The van der Waals surface area contributed by atoms with Gasteiger partial charge in [0.1, 0.15) is 21.6 Å². The highest BCUT2D eigenvalue weighted by atomic mass is 32.2. The lowest BCUT2D eigenvalue weighted by Crippen LogP contribution is -2.29. The molecule has 0 spiro atoms. The molecule has 3 atom stereocenters. The molecule has 0 saturated carbocycles. The van der Waals surface area contributed by atoms with Crippen molar-refractivity contribution in [2.24, 2.45) is 0 Å². The number of para-hydroxylation sites is 1. The Bertz CT molecular complexity index is 1080. The van der Waals surface area contributed by atoms with Crippen LogP contribution in [0.3, 0.4) is 0 Å². The predicted octanol–water partition coefficient (Wildman–Crippen LogP) is 6.09. The molecule has 4 nitrogen and oxygen atoms in total. The number of phenols is 2. The van der Waals surface area contributed by atoms with Crippen LogP contribution in [-0.4, -0.2) is 24.9 Å². The highest BCUT2D eigenvalue weighted by molar-refractivity contribution is 8.24. The molecule has 0 radical (unpaired) electrons. The van der Waals surface area contributed by atoms with Gasteiger partial charge in [-0.15, -0.1) is 0 Å². The van der Waals surface area contributed by atoms with Crippen LogP contribution < -0.4 is 4.90 Å². The average molecular weight is 470 g/mol. The topological polar surface area (TPSA) is 63.9 Å². The van der Waals surface area contributed by atoms with Crippen LogP contribution in [0.4, 0.5) is 10.1 Å². The number of rotatable bonds is 7. The minimum atomic E-state index is -0.667. The third-order valence-corrected chi connectivity index (χ3v) is 7.35. The molecule has 0 bridgehead atoms. The van der Waals surface area contributed by atoms with Crippen molar-refractivity contribution in [1.29, 1.82) is 0 Å². The summed E-state index contributed by atoms with van der Waals surface area (Å²) in [6.45, 7) is 0. The number of hydrogen-bond acceptors (Lipinski definition) is 5. The molecule has 1 saturated heterocycles. The fraction of sp³-hybridized carbons (Fsp3) is 0.240. The van der Waals surface area contributed by atoms with E-state index in [1.54, 1.807) is 36.0 Å². The summed E-state index contributed by atoms with van der Waals surface area (Å²) in [5, 5.41) is 30.9. The van der Waals surface area contributed by atoms with Gasteiger partial charge < -0.3 is 20.2 Å². The van der Waals surface area contributed by atoms with E-state index in [1.165, 1.54) is 18.2 Å². The van der Waals surface area contributed by atoms with Gasteiger partial charge in [0.05, 0.1) is 12.1 Å². The lowest BCUT2D eigenvalue weighted by molar-refractivity contribution is 0.163. The van der Waals surface area contributed by atoms with Crippen molar-refractivity contribution in [1.82, 2.24) is 0 Å². The van der Waals surface area contributed by atoms with E-state index in [0.29, 0.717) is 17.5 Å². The van der Waals surface area contributed by atoms with Crippen LogP contribution >= 0.6 is 24.0 Å². The van der Waals surface area contributed by atoms with Gasteiger partial charge in [0.25, 0.3) is 0 Å². The molecule has 166 valence electrons. The Morgan fingerprint density at radius 1 is 1.00 bits per heavy atom. The molecule has 0 aliphatic carbocycles. The molecule has 0 amide bonds. The molecule has 1 aliphatic heterocycles. The first-order valence-electron chi connectivity index (χ1n) is 10.4. The van der Waals surface area contributed by atoms with Crippen molar-refractivity contribution in [3.8, 4) is 11.5 Å². The van der Waals surface area contributed by atoms with Crippen molar-refractivity contribution in [2.45, 2.75) is 36.7 Å². The Labute approximate surface area is 196 Å². The molecule has 7 heteroatoms. The van der Waals surface area contributed by atoms with E-state index in [0.717, 1.165) is 22.8 Å². The third kappa shape index (κ3) is 4.90. The van der Waals surface area contributed by atoms with Crippen LogP contribution in [0.5, 0.6) is 11.5 Å². The van der Waals surface area contributed by atoms with Crippen LogP contribution in [-0.2, 0) is 0 Å². The monoisotopic (exact) mass is 469 g/mol. The van der Waals surface area contributed by atoms with Gasteiger partial charge in [0.15, 0.2) is 0 Å². The summed E-state index contributed by atoms with van der Waals surface area (Å²) in [4.78, 5) is 2.05. The Balaban J connectivity index is 1.54. The van der Waals surface area contributed by atoms with Gasteiger partial charge >= 0.3 is 0 Å². The molecule has 1 aliphatic rings. The van der Waals surface area contributed by atoms with Gasteiger partial charge in [-0.25, -0.2) is 4.39 Å². The van der Waals surface area contributed by atoms with E-state index in [1.807, 2.05) is 35.2 Å². The van der Waals surface area contributed by atoms with Gasteiger partial charge in [0, 0.05) is 22.6 Å². The first-order valence-corrected chi connectivity index (χ1v) is 11.7. The van der Waals surface area contributed by atoms with E-state index in [4.69, 9.17) is 12.2 Å². The zero-order chi connectivity index (χ0) is 22.7. The second-order valence-electron chi connectivity index (χ2n) is 7.81. The minimum Gasteiger partial charge on any atom is -0.508 e. The first-order chi connectivity index (χ1) is 15.4. The summed E-state index contributed by atoms with van der Waals surface area (Å²) < 4.78 is 13.9. The number of aromatic hydroxyl groups is 2. The second-order valence-corrected chi connectivity index (χ2v) is 9.69. The van der Waals surface area contributed by atoms with Gasteiger partial charge in [-0.1, -0.05) is 54.3 Å². The Kier molecular flexibility index (Phi) is 6.98. The number of anilines is 1. The number of nitrogens with zero attached hydrogens (tertiary/aromatic N) is 1. The molecule has 3 aromatic rings. The number of thioether (sulfide) groups is 1. The molecule has 4 rings (SSSR count). The standard InChI is InChI=1S/C25H24FNO3S2/c26-17-11-9-16(10-12-17)21(29)7-4-8-23-24(20-14-13-19(28)15-22(20)30)27(25(31)32-23)18-5-2-1-3-6-18/h1-3,5-6,9-15,21,23-24,28-30H,4,7-8H2. The minimum absolute atomic E-state index is 0.00436. The molecule has 3 aromatic carbocycles. The quantitative estimate of drug-likeness (QED) is 0.364. The second kappa shape index (κ2) is 9.90. The van der Waals surface area contributed by atoms with Crippen LogP contribution in [0.1, 0.15) is 42.5 Å². The van der Waals surface area contributed by atoms with Gasteiger partial charge in [-0.05, 0) is 61.2 Å². The number of thiocarbonyl (C=S) groups is 1. The van der Waals surface area contributed by atoms with Gasteiger partial charge in [-0.3, -0.25) is 0 Å². The zero-order valence-electron chi connectivity index (χ0n) is 17.3.